The summed E-state index contributed by atoms with van der Waals surface area (Å²) in [6, 6.07) is 15.7. The van der Waals surface area contributed by atoms with Gasteiger partial charge < -0.3 is 14.8 Å². The third kappa shape index (κ3) is 5.59. The van der Waals surface area contributed by atoms with Gasteiger partial charge in [-0.05, 0) is 49.2 Å². The summed E-state index contributed by atoms with van der Waals surface area (Å²) in [5, 5.41) is 17.3. The normalized spacial score (nSPS) is 11.2. The fourth-order valence-electron chi connectivity index (χ4n) is 3.31. The molecule has 2 heterocycles. The van der Waals surface area contributed by atoms with Gasteiger partial charge in [-0.2, -0.15) is 14.9 Å². The summed E-state index contributed by atoms with van der Waals surface area (Å²) >= 11 is 1.36. The maximum Gasteiger partial charge on any atom is 0.275 e. The number of carbonyl (C=O) groups is 1. The molecule has 0 bridgehead atoms. The van der Waals surface area contributed by atoms with Crippen molar-refractivity contribution in [2.24, 2.45) is 0 Å². The molecule has 2 aromatic heterocycles. The molecule has 0 aliphatic rings. The number of rotatable bonds is 8. The zero-order chi connectivity index (χ0) is 25.7. The SMILES string of the molecule is CCc1nn2c(=O)cc(COc3ccc(C=C(C#N)C(=O)Nc4ccc(C)cc4)cc3OC)nc2s1. The van der Waals surface area contributed by atoms with Crippen LogP contribution in [0.15, 0.2) is 58.9 Å². The topological polar surface area (TPSA) is 119 Å². The Balaban J connectivity index is 1.50. The lowest BCUT2D eigenvalue weighted by atomic mass is 10.1. The van der Waals surface area contributed by atoms with Crippen molar-refractivity contribution in [3.63, 3.8) is 0 Å². The third-order valence-corrected chi connectivity index (χ3v) is 6.24. The first-order chi connectivity index (χ1) is 17.4. The van der Waals surface area contributed by atoms with Crippen molar-refractivity contribution in [3.05, 3.63) is 86.3 Å². The number of nitriles is 1. The number of aryl methyl sites for hydroxylation is 2. The molecular weight excluding hydrogens is 478 g/mol. The minimum atomic E-state index is -0.511. The number of nitrogens with zero attached hydrogens (tertiary/aromatic N) is 4. The fourth-order valence-corrected chi connectivity index (χ4v) is 4.17. The molecule has 0 saturated carbocycles. The van der Waals surface area contributed by atoms with E-state index in [0.29, 0.717) is 33.4 Å². The summed E-state index contributed by atoms with van der Waals surface area (Å²) in [7, 11) is 1.49. The van der Waals surface area contributed by atoms with Crippen molar-refractivity contribution in [1.29, 1.82) is 5.26 Å². The number of amides is 1. The number of aromatic nitrogens is 3. The number of anilines is 1. The van der Waals surface area contributed by atoms with E-state index < -0.39 is 5.91 Å². The first kappa shape index (κ1) is 24.6. The molecule has 9 nitrogen and oxygen atoms in total. The van der Waals surface area contributed by atoms with Crippen LogP contribution in [0.25, 0.3) is 11.0 Å². The molecule has 1 N–H and O–H groups in total. The molecule has 4 aromatic rings. The summed E-state index contributed by atoms with van der Waals surface area (Å²) in [4.78, 5) is 29.9. The van der Waals surface area contributed by atoms with E-state index in [0.717, 1.165) is 17.0 Å². The highest BCUT2D eigenvalue weighted by Gasteiger charge is 2.13. The molecule has 36 heavy (non-hydrogen) atoms. The molecule has 2 aromatic carbocycles. The van der Waals surface area contributed by atoms with E-state index in [1.54, 1.807) is 30.3 Å². The van der Waals surface area contributed by atoms with E-state index in [-0.39, 0.29) is 17.7 Å². The quantitative estimate of drug-likeness (QED) is 0.284. The number of hydrogen-bond acceptors (Lipinski definition) is 8. The lowest BCUT2D eigenvalue weighted by Crippen LogP contribution is -2.16. The van der Waals surface area contributed by atoms with Gasteiger partial charge in [0.15, 0.2) is 11.5 Å². The van der Waals surface area contributed by atoms with Crippen LogP contribution in [0.3, 0.4) is 0 Å². The molecule has 0 spiro atoms. The van der Waals surface area contributed by atoms with Gasteiger partial charge in [-0.15, -0.1) is 0 Å². The average Bonchev–Trinajstić information content (AvgIpc) is 3.31. The first-order valence-electron chi connectivity index (χ1n) is 11.1. The highest BCUT2D eigenvalue weighted by molar-refractivity contribution is 7.16. The molecule has 0 aliphatic carbocycles. The number of benzene rings is 2. The predicted octanol–water partition coefficient (Wildman–Crippen LogP) is 4.16. The van der Waals surface area contributed by atoms with Crippen molar-refractivity contribution < 1.29 is 14.3 Å². The van der Waals surface area contributed by atoms with Gasteiger partial charge in [0, 0.05) is 11.8 Å². The third-order valence-electron chi connectivity index (χ3n) is 5.19. The van der Waals surface area contributed by atoms with Crippen molar-refractivity contribution in [3.8, 4) is 17.6 Å². The summed E-state index contributed by atoms with van der Waals surface area (Å²) in [6.45, 7) is 3.97. The lowest BCUT2D eigenvalue weighted by Gasteiger charge is -2.11. The van der Waals surface area contributed by atoms with Gasteiger partial charge in [0.05, 0.1) is 12.8 Å². The molecule has 0 radical (unpaired) electrons. The molecule has 0 unspecified atom stereocenters. The summed E-state index contributed by atoms with van der Waals surface area (Å²) in [5.41, 5.74) is 2.40. The Morgan fingerprint density at radius 3 is 2.67 bits per heavy atom. The second-order valence-corrected chi connectivity index (χ2v) is 8.86. The molecular formula is C26H23N5O4S. The monoisotopic (exact) mass is 501 g/mol. The number of fused-ring (bicyclic) bond motifs is 1. The lowest BCUT2D eigenvalue weighted by molar-refractivity contribution is -0.112. The number of methoxy groups -OCH3 is 1. The van der Waals surface area contributed by atoms with Gasteiger partial charge in [0.25, 0.3) is 11.5 Å². The van der Waals surface area contributed by atoms with Crippen molar-refractivity contribution in [1.82, 2.24) is 14.6 Å². The van der Waals surface area contributed by atoms with E-state index >= 15 is 0 Å². The van der Waals surface area contributed by atoms with Gasteiger partial charge in [-0.1, -0.05) is 42.0 Å². The Bertz CT molecular complexity index is 1550. The number of hydrogen-bond donors (Lipinski definition) is 1. The molecule has 4 rings (SSSR count). The molecule has 1 amide bonds. The van der Waals surface area contributed by atoms with Gasteiger partial charge in [0.2, 0.25) is 4.96 Å². The van der Waals surface area contributed by atoms with E-state index in [1.807, 2.05) is 32.0 Å². The van der Waals surface area contributed by atoms with Crippen LogP contribution < -0.4 is 20.3 Å². The van der Waals surface area contributed by atoms with E-state index in [2.05, 4.69) is 15.4 Å². The van der Waals surface area contributed by atoms with Crippen LogP contribution in [-0.4, -0.2) is 27.6 Å². The summed E-state index contributed by atoms with van der Waals surface area (Å²) in [6.07, 6.45) is 2.19. The Morgan fingerprint density at radius 2 is 1.97 bits per heavy atom. The van der Waals surface area contributed by atoms with Crippen LogP contribution in [0.2, 0.25) is 0 Å². The zero-order valence-corrected chi connectivity index (χ0v) is 20.8. The smallest absolute Gasteiger partial charge is 0.275 e. The maximum atomic E-state index is 12.6. The van der Waals surface area contributed by atoms with Crippen LogP contribution >= 0.6 is 11.3 Å². The van der Waals surface area contributed by atoms with Gasteiger partial charge >= 0.3 is 0 Å². The van der Waals surface area contributed by atoms with Gasteiger partial charge in [0.1, 0.15) is 23.3 Å². The van der Waals surface area contributed by atoms with Crippen LogP contribution in [0.5, 0.6) is 11.5 Å². The Labute approximate surface area is 211 Å². The van der Waals surface area contributed by atoms with Crippen LogP contribution in [0.4, 0.5) is 5.69 Å². The Hall–Kier alpha value is -4.49. The van der Waals surface area contributed by atoms with Gasteiger partial charge in [-0.25, -0.2) is 4.98 Å². The molecule has 10 heteroatoms. The summed E-state index contributed by atoms with van der Waals surface area (Å²) < 4.78 is 12.6. The minimum absolute atomic E-state index is 0.0546. The maximum absolute atomic E-state index is 12.6. The van der Waals surface area contributed by atoms with E-state index in [4.69, 9.17) is 9.47 Å². The van der Waals surface area contributed by atoms with Crippen molar-refractivity contribution in [2.75, 3.05) is 12.4 Å². The van der Waals surface area contributed by atoms with Crippen molar-refractivity contribution >= 4 is 34.0 Å². The zero-order valence-electron chi connectivity index (χ0n) is 19.9. The first-order valence-corrected chi connectivity index (χ1v) is 11.9. The predicted molar refractivity (Wildman–Crippen MR) is 137 cm³/mol. The van der Waals surface area contributed by atoms with Crippen LogP contribution in [-0.2, 0) is 17.8 Å². The minimum Gasteiger partial charge on any atom is -0.493 e. The number of ether oxygens (including phenoxy) is 2. The molecule has 0 fully saturated rings. The highest BCUT2D eigenvalue weighted by atomic mass is 32.1. The molecule has 0 saturated heterocycles. The van der Waals surface area contributed by atoms with E-state index in [9.17, 15) is 14.9 Å². The van der Waals surface area contributed by atoms with Crippen molar-refractivity contribution in [2.45, 2.75) is 26.9 Å². The Morgan fingerprint density at radius 1 is 1.19 bits per heavy atom. The van der Waals surface area contributed by atoms with Crippen LogP contribution in [0, 0.1) is 18.3 Å². The highest BCUT2D eigenvalue weighted by Crippen LogP contribution is 2.29. The van der Waals surface area contributed by atoms with Gasteiger partial charge in [-0.3, -0.25) is 9.59 Å². The molecule has 0 aliphatic heterocycles. The molecule has 182 valence electrons. The largest absolute Gasteiger partial charge is 0.493 e. The van der Waals surface area contributed by atoms with E-state index in [1.165, 1.54) is 35.1 Å². The Kier molecular flexibility index (Phi) is 7.42. The number of carbonyl (C=O) groups excluding carboxylic acids is 1. The second-order valence-electron chi connectivity index (χ2n) is 7.82. The molecule has 0 atom stereocenters. The standard InChI is InChI=1S/C26H23N5O4S/c1-4-23-30-31-24(32)13-20(29-26(31)36-23)15-35-21-10-7-17(12-22(21)34-3)11-18(14-27)25(33)28-19-8-5-16(2)6-9-19/h5-13H,4,15H2,1-3H3,(H,28,33). The fraction of sp³-hybridized carbons (Fsp3) is 0.192. The van der Waals surface area contributed by atoms with Crippen LogP contribution in [0.1, 0.15) is 28.8 Å². The average molecular weight is 502 g/mol. The second kappa shape index (κ2) is 10.8. The number of nitrogens with one attached hydrogen (secondary N) is 1. The summed E-state index contributed by atoms with van der Waals surface area (Å²) in [5.74, 6) is 0.323.